The van der Waals surface area contributed by atoms with Crippen molar-refractivity contribution in [1.82, 2.24) is 5.32 Å². The molecule has 0 saturated carbocycles. The van der Waals surface area contributed by atoms with Crippen molar-refractivity contribution < 1.29 is 0 Å². The molecule has 2 aromatic carbocycles. The molecule has 0 spiro atoms. The van der Waals surface area contributed by atoms with Crippen LogP contribution in [0, 0.1) is 6.92 Å². The van der Waals surface area contributed by atoms with Crippen LogP contribution in [-0.4, -0.2) is 7.05 Å². The molecule has 0 saturated heterocycles. The lowest BCUT2D eigenvalue weighted by Crippen LogP contribution is -2.17. The standard InChI is InChI=1S/C17H17NS/c1-12-5-3-7-14(11-12)16(18-2)15-8-4-6-13-9-10-19-17(13)15/h3-11,16,18H,1-2H3. The first kappa shape index (κ1) is 12.4. The second-order valence-corrected chi connectivity index (χ2v) is 5.74. The Hall–Kier alpha value is -1.64. The van der Waals surface area contributed by atoms with Gasteiger partial charge in [0.25, 0.3) is 0 Å². The van der Waals surface area contributed by atoms with E-state index in [4.69, 9.17) is 0 Å². The molecule has 1 nitrogen and oxygen atoms in total. The van der Waals surface area contributed by atoms with E-state index in [9.17, 15) is 0 Å². The molecule has 1 heterocycles. The van der Waals surface area contributed by atoms with Gasteiger partial charge >= 0.3 is 0 Å². The molecule has 0 aliphatic carbocycles. The minimum Gasteiger partial charge on any atom is -0.309 e. The highest BCUT2D eigenvalue weighted by molar-refractivity contribution is 7.17. The van der Waals surface area contributed by atoms with Gasteiger partial charge in [0.1, 0.15) is 0 Å². The van der Waals surface area contributed by atoms with Gasteiger partial charge in [-0.3, -0.25) is 0 Å². The lowest BCUT2D eigenvalue weighted by molar-refractivity contribution is 0.697. The van der Waals surface area contributed by atoms with Crippen LogP contribution >= 0.6 is 11.3 Å². The van der Waals surface area contributed by atoms with E-state index in [-0.39, 0.29) is 6.04 Å². The highest BCUT2D eigenvalue weighted by atomic mass is 32.1. The van der Waals surface area contributed by atoms with Gasteiger partial charge in [0.05, 0.1) is 6.04 Å². The van der Waals surface area contributed by atoms with Crippen molar-refractivity contribution in [3.63, 3.8) is 0 Å². The molecule has 96 valence electrons. The zero-order valence-corrected chi connectivity index (χ0v) is 12.0. The highest BCUT2D eigenvalue weighted by Crippen LogP contribution is 2.32. The normalized spacial score (nSPS) is 12.7. The number of nitrogens with one attached hydrogen (secondary N) is 1. The SMILES string of the molecule is CNC(c1cccc(C)c1)c1cccc2ccsc12. The van der Waals surface area contributed by atoms with Crippen LogP contribution in [0.15, 0.2) is 53.9 Å². The second kappa shape index (κ2) is 5.16. The van der Waals surface area contributed by atoms with E-state index in [1.807, 2.05) is 18.4 Å². The van der Waals surface area contributed by atoms with Crippen molar-refractivity contribution in [1.29, 1.82) is 0 Å². The summed E-state index contributed by atoms with van der Waals surface area (Å²) >= 11 is 1.82. The van der Waals surface area contributed by atoms with E-state index >= 15 is 0 Å². The van der Waals surface area contributed by atoms with E-state index in [1.165, 1.54) is 26.8 Å². The Kier molecular flexibility index (Phi) is 3.36. The zero-order chi connectivity index (χ0) is 13.2. The third-order valence-electron chi connectivity index (χ3n) is 3.48. The first-order chi connectivity index (χ1) is 9.29. The topological polar surface area (TPSA) is 12.0 Å². The van der Waals surface area contributed by atoms with Crippen molar-refractivity contribution in [2.75, 3.05) is 7.05 Å². The number of aryl methyl sites for hydroxylation is 1. The average Bonchev–Trinajstić information content (AvgIpc) is 2.89. The van der Waals surface area contributed by atoms with E-state index in [1.54, 1.807) is 0 Å². The number of benzene rings is 2. The third-order valence-corrected chi connectivity index (χ3v) is 4.46. The van der Waals surface area contributed by atoms with Crippen LogP contribution in [0.3, 0.4) is 0 Å². The quantitative estimate of drug-likeness (QED) is 0.735. The Morgan fingerprint density at radius 3 is 2.68 bits per heavy atom. The van der Waals surface area contributed by atoms with E-state index < -0.39 is 0 Å². The van der Waals surface area contributed by atoms with Crippen LogP contribution in [0.5, 0.6) is 0 Å². The maximum Gasteiger partial charge on any atom is 0.0588 e. The van der Waals surface area contributed by atoms with E-state index in [0.717, 1.165) is 0 Å². The van der Waals surface area contributed by atoms with Crippen molar-refractivity contribution in [2.24, 2.45) is 0 Å². The summed E-state index contributed by atoms with van der Waals surface area (Å²) in [5.74, 6) is 0. The Labute approximate surface area is 117 Å². The summed E-state index contributed by atoms with van der Waals surface area (Å²) in [6.07, 6.45) is 0. The minimum atomic E-state index is 0.252. The summed E-state index contributed by atoms with van der Waals surface area (Å²) in [6, 6.07) is 17.7. The Morgan fingerprint density at radius 2 is 1.89 bits per heavy atom. The smallest absolute Gasteiger partial charge is 0.0588 e. The summed E-state index contributed by atoms with van der Waals surface area (Å²) in [4.78, 5) is 0. The van der Waals surface area contributed by atoms with E-state index in [0.29, 0.717) is 0 Å². The summed E-state index contributed by atoms with van der Waals surface area (Å²) < 4.78 is 1.38. The van der Waals surface area contributed by atoms with Crippen LogP contribution in [0.4, 0.5) is 0 Å². The molecule has 3 aromatic rings. The molecule has 0 aliphatic rings. The first-order valence-corrected chi connectivity index (χ1v) is 7.37. The molecule has 1 N–H and O–H groups in total. The molecule has 2 heteroatoms. The molecular weight excluding hydrogens is 250 g/mol. The van der Waals surface area contributed by atoms with Crippen LogP contribution in [0.25, 0.3) is 10.1 Å². The maximum absolute atomic E-state index is 3.45. The number of fused-ring (bicyclic) bond motifs is 1. The van der Waals surface area contributed by atoms with E-state index in [2.05, 4.69) is 66.2 Å². The number of hydrogen-bond acceptors (Lipinski definition) is 2. The van der Waals surface area contributed by atoms with Gasteiger partial charge in [-0.1, -0.05) is 48.0 Å². The van der Waals surface area contributed by atoms with Gasteiger partial charge in [-0.2, -0.15) is 0 Å². The summed E-state index contributed by atoms with van der Waals surface area (Å²) in [6.45, 7) is 2.14. The Balaban J connectivity index is 2.14. The van der Waals surface area contributed by atoms with Crippen LogP contribution in [0.1, 0.15) is 22.7 Å². The third kappa shape index (κ3) is 2.29. The monoisotopic (exact) mass is 267 g/mol. The van der Waals surface area contributed by atoms with Gasteiger partial charge < -0.3 is 5.32 Å². The fourth-order valence-electron chi connectivity index (χ4n) is 2.59. The van der Waals surface area contributed by atoms with Gasteiger partial charge in [0.2, 0.25) is 0 Å². The lowest BCUT2D eigenvalue weighted by atomic mass is 9.97. The zero-order valence-electron chi connectivity index (χ0n) is 11.2. The molecule has 3 rings (SSSR count). The fourth-order valence-corrected chi connectivity index (χ4v) is 3.54. The molecule has 1 unspecified atom stereocenters. The van der Waals surface area contributed by atoms with Gasteiger partial charge in [0.15, 0.2) is 0 Å². The summed E-state index contributed by atoms with van der Waals surface area (Å²) in [7, 11) is 2.03. The average molecular weight is 267 g/mol. The van der Waals surface area contributed by atoms with Gasteiger partial charge in [-0.15, -0.1) is 11.3 Å². The predicted molar refractivity (Wildman–Crippen MR) is 83.9 cm³/mol. The largest absolute Gasteiger partial charge is 0.309 e. The molecule has 0 radical (unpaired) electrons. The van der Waals surface area contributed by atoms with Crippen LogP contribution < -0.4 is 5.32 Å². The van der Waals surface area contributed by atoms with Gasteiger partial charge in [0, 0.05) is 4.70 Å². The van der Waals surface area contributed by atoms with Crippen LogP contribution in [-0.2, 0) is 0 Å². The predicted octanol–water partition coefficient (Wildman–Crippen LogP) is 4.52. The van der Waals surface area contributed by atoms with Gasteiger partial charge in [-0.25, -0.2) is 0 Å². The molecule has 19 heavy (non-hydrogen) atoms. The first-order valence-electron chi connectivity index (χ1n) is 6.49. The second-order valence-electron chi connectivity index (χ2n) is 4.82. The maximum atomic E-state index is 3.45. The molecular formula is C17H17NS. The number of hydrogen-bond donors (Lipinski definition) is 1. The summed E-state index contributed by atoms with van der Waals surface area (Å²) in [5, 5.41) is 6.94. The Morgan fingerprint density at radius 1 is 1.05 bits per heavy atom. The highest BCUT2D eigenvalue weighted by Gasteiger charge is 2.15. The van der Waals surface area contributed by atoms with Crippen molar-refractivity contribution in [3.8, 4) is 0 Å². The molecule has 1 atom stereocenters. The fraction of sp³-hybridized carbons (Fsp3) is 0.176. The Bertz CT molecular complexity index is 699. The number of thiophene rings is 1. The molecule has 0 bridgehead atoms. The molecule has 0 aliphatic heterocycles. The van der Waals surface area contributed by atoms with Crippen molar-refractivity contribution in [2.45, 2.75) is 13.0 Å². The van der Waals surface area contributed by atoms with Crippen LogP contribution in [0.2, 0.25) is 0 Å². The van der Waals surface area contributed by atoms with Crippen molar-refractivity contribution >= 4 is 21.4 Å². The molecule has 0 fully saturated rings. The minimum absolute atomic E-state index is 0.252. The molecule has 1 aromatic heterocycles. The number of rotatable bonds is 3. The lowest BCUT2D eigenvalue weighted by Gasteiger charge is -2.18. The van der Waals surface area contributed by atoms with Crippen molar-refractivity contribution in [3.05, 3.63) is 70.6 Å². The molecule has 0 amide bonds. The summed E-state index contributed by atoms with van der Waals surface area (Å²) in [5.41, 5.74) is 3.99. The van der Waals surface area contributed by atoms with Gasteiger partial charge in [-0.05, 0) is 41.9 Å².